The minimum atomic E-state index is -0.596. The number of carbonyl (C=O) groups is 1. The summed E-state index contributed by atoms with van der Waals surface area (Å²) in [4.78, 5) is 26.0. The molecular weight excluding hydrogens is 466 g/mol. The molecule has 2 aliphatic heterocycles. The summed E-state index contributed by atoms with van der Waals surface area (Å²) in [5.41, 5.74) is 3.74. The molecule has 0 N–H and O–H groups in total. The van der Waals surface area contributed by atoms with Gasteiger partial charge in [0.15, 0.2) is 5.82 Å². The minimum absolute atomic E-state index is 0.0295. The third kappa shape index (κ3) is 4.69. The van der Waals surface area contributed by atoms with Crippen LogP contribution in [0.3, 0.4) is 0 Å². The van der Waals surface area contributed by atoms with E-state index in [1.165, 1.54) is 12.1 Å². The van der Waals surface area contributed by atoms with Crippen molar-refractivity contribution in [2.24, 2.45) is 13.0 Å². The highest BCUT2D eigenvalue weighted by Crippen LogP contribution is 2.38. The topological polar surface area (TPSA) is 76.4 Å². The average molecular weight is 497 g/mol. The number of hydrogen-bond acceptors (Lipinski definition) is 6. The van der Waals surface area contributed by atoms with Crippen LogP contribution in [0, 0.1) is 17.6 Å². The fourth-order valence-corrected chi connectivity index (χ4v) is 5.27. The predicted octanol–water partition coefficient (Wildman–Crippen LogP) is 3.66. The fourth-order valence-electron chi connectivity index (χ4n) is 5.27. The number of nitrogens with zero attached hydrogens (tertiary/aromatic N) is 6. The number of methoxy groups -OCH3 is 1. The Bertz CT molecular complexity index is 1270. The van der Waals surface area contributed by atoms with E-state index in [2.05, 4.69) is 10.00 Å². The van der Waals surface area contributed by atoms with Gasteiger partial charge >= 0.3 is 0 Å². The first-order chi connectivity index (χ1) is 17.3. The summed E-state index contributed by atoms with van der Waals surface area (Å²) in [5.74, 6) is -0.257. The second-order valence-corrected chi connectivity index (χ2v) is 9.53. The Balaban J connectivity index is 1.41. The number of anilines is 1. The molecule has 1 saturated heterocycles. The number of carbonyl (C=O) groups excluding carboxylic acids is 1. The molecule has 1 aromatic carbocycles. The quantitative estimate of drug-likeness (QED) is 0.537. The molecule has 4 heterocycles. The van der Waals surface area contributed by atoms with E-state index in [1.807, 2.05) is 13.2 Å². The van der Waals surface area contributed by atoms with E-state index >= 15 is 0 Å². The van der Waals surface area contributed by atoms with E-state index in [4.69, 9.17) is 14.7 Å². The number of hydrogen-bond donors (Lipinski definition) is 0. The van der Waals surface area contributed by atoms with Gasteiger partial charge in [0.25, 0.3) is 0 Å². The molecule has 0 aliphatic carbocycles. The average Bonchev–Trinajstić information content (AvgIpc) is 3.31. The molecule has 8 nitrogen and oxygen atoms in total. The SMILES string of the molecule is COC(c1ccc(F)cc1F)C1CCN(c2nc3c(nc2-c2cnn(C)c2)CN(C(C)=O)CC3)CC1. The highest BCUT2D eigenvalue weighted by atomic mass is 19.1. The molecule has 3 aromatic rings. The largest absolute Gasteiger partial charge is 0.376 e. The molecule has 36 heavy (non-hydrogen) atoms. The van der Waals surface area contributed by atoms with E-state index in [-0.39, 0.29) is 11.8 Å². The number of fused-ring (bicyclic) bond motifs is 1. The van der Waals surface area contributed by atoms with Crippen molar-refractivity contribution in [3.05, 3.63) is 59.2 Å². The Morgan fingerprint density at radius 1 is 1.14 bits per heavy atom. The number of aryl methyl sites for hydroxylation is 1. The maximum absolute atomic E-state index is 14.5. The summed E-state index contributed by atoms with van der Waals surface area (Å²) in [6.45, 7) is 4.06. The van der Waals surface area contributed by atoms with Crippen LogP contribution in [0.25, 0.3) is 11.3 Å². The lowest BCUT2D eigenvalue weighted by Crippen LogP contribution is -2.39. The predicted molar refractivity (Wildman–Crippen MR) is 130 cm³/mol. The van der Waals surface area contributed by atoms with Gasteiger partial charge in [-0.3, -0.25) is 9.48 Å². The summed E-state index contributed by atoms with van der Waals surface area (Å²) >= 11 is 0. The molecule has 1 fully saturated rings. The second-order valence-electron chi connectivity index (χ2n) is 9.53. The number of halogens is 2. The number of aromatic nitrogens is 4. The van der Waals surface area contributed by atoms with Gasteiger partial charge in [0.1, 0.15) is 17.3 Å². The van der Waals surface area contributed by atoms with Gasteiger partial charge in [-0.05, 0) is 24.8 Å². The standard InChI is InChI=1S/C26H30F2N6O2/c1-16(35)34-11-8-22-23(15-34)30-24(18-13-29-32(2)14-18)26(31-22)33-9-6-17(7-10-33)25(36-3)20-5-4-19(27)12-21(20)28/h4-5,12-14,17,25H,6-11,15H2,1-3H3. The van der Waals surface area contributed by atoms with Crippen LogP contribution < -0.4 is 4.90 Å². The summed E-state index contributed by atoms with van der Waals surface area (Å²) in [7, 11) is 3.43. The molecule has 2 aliphatic rings. The maximum atomic E-state index is 14.5. The first kappa shape index (κ1) is 24.3. The highest BCUT2D eigenvalue weighted by molar-refractivity contribution is 5.74. The van der Waals surface area contributed by atoms with Gasteiger partial charge in [-0.25, -0.2) is 18.7 Å². The Morgan fingerprint density at radius 2 is 1.92 bits per heavy atom. The molecule has 5 rings (SSSR count). The zero-order valence-corrected chi connectivity index (χ0v) is 20.7. The highest BCUT2D eigenvalue weighted by Gasteiger charge is 2.32. The molecule has 1 atom stereocenters. The molecule has 0 radical (unpaired) electrons. The van der Waals surface area contributed by atoms with E-state index in [1.54, 1.807) is 29.8 Å². The van der Waals surface area contributed by atoms with Crippen LogP contribution in [-0.2, 0) is 29.5 Å². The Morgan fingerprint density at radius 3 is 2.56 bits per heavy atom. The molecule has 0 spiro atoms. The van der Waals surface area contributed by atoms with Crippen molar-refractivity contribution in [1.82, 2.24) is 24.6 Å². The molecule has 190 valence electrons. The van der Waals surface area contributed by atoms with E-state index in [0.29, 0.717) is 38.2 Å². The monoisotopic (exact) mass is 496 g/mol. The lowest BCUT2D eigenvalue weighted by molar-refractivity contribution is -0.129. The maximum Gasteiger partial charge on any atom is 0.219 e. The third-order valence-corrected chi connectivity index (χ3v) is 7.21. The number of amides is 1. The Kier molecular flexibility index (Phi) is 6.70. The van der Waals surface area contributed by atoms with Crippen LogP contribution in [0.5, 0.6) is 0 Å². The van der Waals surface area contributed by atoms with Gasteiger partial charge in [0.2, 0.25) is 5.91 Å². The van der Waals surface area contributed by atoms with Crippen molar-refractivity contribution in [2.45, 2.75) is 38.8 Å². The first-order valence-electron chi connectivity index (χ1n) is 12.2. The third-order valence-electron chi connectivity index (χ3n) is 7.21. The normalized spacial score (nSPS) is 17.2. The summed E-state index contributed by atoms with van der Waals surface area (Å²) in [6, 6.07) is 3.66. The smallest absolute Gasteiger partial charge is 0.219 e. The van der Waals surface area contributed by atoms with Gasteiger partial charge in [0, 0.05) is 70.5 Å². The minimum Gasteiger partial charge on any atom is -0.376 e. The molecule has 1 unspecified atom stereocenters. The van der Waals surface area contributed by atoms with Gasteiger partial charge < -0.3 is 14.5 Å². The van der Waals surface area contributed by atoms with Crippen molar-refractivity contribution in [3.63, 3.8) is 0 Å². The van der Waals surface area contributed by atoms with Crippen molar-refractivity contribution >= 4 is 11.7 Å². The van der Waals surface area contributed by atoms with Crippen LogP contribution in [0.4, 0.5) is 14.6 Å². The Labute approximate surface area is 208 Å². The van der Waals surface area contributed by atoms with Crippen LogP contribution in [0.15, 0.2) is 30.6 Å². The molecule has 0 saturated carbocycles. The summed E-state index contributed by atoms with van der Waals surface area (Å²) < 4.78 is 35.3. The van der Waals surface area contributed by atoms with Crippen LogP contribution in [0.2, 0.25) is 0 Å². The van der Waals surface area contributed by atoms with Crippen LogP contribution in [-0.4, -0.2) is 57.3 Å². The van der Waals surface area contributed by atoms with Crippen LogP contribution >= 0.6 is 0 Å². The van der Waals surface area contributed by atoms with Crippen molar-refractivity contribution in [3.8, 4) is 11.3 Å². The van der Waals surface area contributed by atoms with E-state index in [0.717, 1.165) is 47.4 Å². The second kappa shape index (κ2) is 9.93. The molecule has 0 bridgehead atoms. The Hall–Kier alpha value is -3.40. The lowest BCUT2D eigenvalue weighted by atomic mass is 9.87. The number of benzene rings is 1. The van der Waals surface area contributed by atoms with Crippen LogP contribution in [0.1, 0.15) is 42.8 Å². The molecule has 2 aromatic heterocycles. The lowest BCUT2D eigenvalue weighted by Gasteiger charge is -2.37. The molecule has 10 heteroatoms. The van der Waals surface area contributed by atoms with Gasteiger partial charge in [-0.15, -0.1) is 0 Å². The van der Waals surface area contributed by atoms with Crippen molar-refractivity contribution in [2.75, 3.05) is 31.6 Å². The van der Waals surface area contributed by atoms with Crippen molar-refractivity contribution in [1.29, 1.82) is 0 Å². The zero-order valence-electron chi connectivity index (χ0n) is 20.7. The van der Waals surface area contributed by atoms with Crippen molar-refractivity contribution < 1.29 is 18.3 Å². The van der Waals surface area contributed by atoms with Gasteiger partial charge in [-0.1, -0.05) is 6.07 Å². The molecular formula is C26H30F2N6O2. The number of piperidine rings is 1. The number of ether oxygens (including phenoxy) is 1. The summed E-state index contributed by atoms with van der Waals surface area (Å²) in [5, 5.41) is 4.32. The first-order valence-corrected chi connectivity index (χ1v) is 12.2. The van der Waals surface area contributed by atoms with Gasteiger partial charge in [0.05, 0.1) is 30.2 Å². The van der Waals surface area contributed by atoms with E-state index < -0.39 is 17.7 Å². The number of rotatable bonds is 5. The fraction of sp³-hybridized carbons (Fsp3) is 0.462. The van der Waals surface area contributed by atoms with Gasteiger partial charge in [-0.2, -0.15) is 5.10 Å². The zero-order chi connectivity index (χ0) is 25.4. The summed E-state index contributed by atoms with van der Waals surface area (Å²) in [6.07, 6.45) is 5.43. The molecule has 1 amide bonds. The van der Waals surface area contributed by atoms with E-state index in [9.17, 15) is 13.6 Å².